The Morgan fingerprint density at radius 3 is 2.08 bits per heavy atom. The molecule has 4 rings (SSSR count). The molecule has 0 spiro atoms. The first-order valence-electron chi connectivity index (χ1n) is 13.3. The molecular weight excluding hydrogens is 520 g/mol. The van der Waals surface area contributed by atoms with E-state index in [1.54, 1.807) is 12.1 Å². The van der Waals surface area contributed by atoms with E-state index in [9.17, 15) is 18.5 Å². The number of fused-ring (bicyclic) bond motifs is 1. The van der Waals surface area contributed by atoms with Gasteiger partial charge < -0.3 is 4.90 Å². The molecule has 4 aromatic rings. The van der Waals surface area contributed by atoms with Gasteiger partial charge in [-0.1, -0.05) is 78.9 Å². The summed E-state index contributed by atoms with van der Waals surface area (Å²) in [4.78, 5) is 17.7. The zero-order chi connectivity index (χ0) is 28.4. The molecule has 2 N–H and O–H groups in total. The summed E-state index contributed by atoms with van der Waals surface area (Å²) in [5.41, 5.74) is 3.13. The molecule has 0 heterocycles. The van der Waals surface area contributed by atoms with Crippen LogP contribution >= 0.6 is 0 Å². The van der Waals surface area contributed by atoms with Gasteiger partial charge in [-0.15, -0.1) is 0 Å². The summed E-state index contributed by atoms with van der Waals surface area (Å²) in [5.74, 6) is -0.0136. The van der Waals surface area contributed by atoms with E-state index in [4.69, 9.17) is 5.14 Å². The zero-order valence-corrected chi connectivity index (χ0v) is 23.3. The minimum absolute atomic E-state index is 0.0136. The van der Waals surface area contributed by atoms with Gasteiger partial charge in [-0.2, -0.15) is 5.26 Å². The van der Waals surface area contributed by atoms with Crippen LogP contribution < -0.4 is 5.14 Å². The first-order valence-corrected chi connectivity index (χ1v) is 14.9. The maximum absolute atomic E-state index is 13.7. The van der Waals surface area contributed by atoms with Gasteiger partial charge in [0.05, 0.1) is 17.5 Å². The predicted molar refractivity (Wildman–Crippen MR) is 158 cm³/mol. The van der Waals surface area contributed by atoms with E-state index in [1.807, 2.05) is 46.2 Å². The van der Waals surface area contributed by atoms with Gasteiger partial charge in [-0.25, -0.2) is 13.6 Å². The second-order valence-electron chi connectivity index (χ2n) is 9.86. The molecular formula is C32H34N4O3S. The number of carbonyl (C=O) groups excluding carboxylic acids is 1. The Morgan fingerprint density at radius 1 is 0.750 bits per heavy atom. The summed E-state index contributed by atoms with van der Waals surface area (Å²) in [7, 11) is -3.76. The molecule has 0 atom stereocenters. The van der Waals surface area contributed by atoms with Crippen LogP contribution in [0, 0.1) is 11.3 Å². The number of primary sulfonamides is 1. The average molecular weight is 555 g/mol. The van der Waals surface area contributed by atoms with Crippen LogP contribution in [0.25, 0.3) is 10.8 Å². The highest BCUT2D eigenvalue weighted by Crippen LogP contribution is 2.18. The summed E-state index contributed by atoms with van der Waals surface area (Å²) in [6.07, 6.45) is 1.70. The molecule has 206 valence electrons. The molecule has 8 heteroatoms. The van der Waals surface area contributed by atoms with E-state index in [0.29, 0.717) is 39.0 Å². The van der Waals surface area contributed by atoms with Crippen LogP contribution in [0.1, 0.15) is 23.1 Å². The Labute approximate surface area is 236 Å². The fraction of sp³-hybridized carbons (Fsp3) is 0.250. The first-order chi connectivity index (χ1) is 19.3. The highest BCUT2D eigenvalue weighted by atomic mass is 32.2. The van der Waals surface area contributed by atoms with Crippen LogP contribution in [0.3, 0.4) is 0 Å². The van der Waals surface area contributed by atoms with E-state index < -0.39 is 10.0 Å². The smallest absolute Gasteiger partial charge is 0.238 e. The lowest BCUT2D eigenvalue weighted by Crippen LogP contribution is -2.42. The summed E-state index contributed by atoms with van der Waals surface area (Å²) in [5, 5.41) is 16.7. The molecule has 0 aliphatic carbocycles. The summed E-state index contributed by atoms with van der Waals surface area (Å²) >= 11 is 0. The van der Waals surface area contributed by atoms with Crippen LogP contribution in [-0.2, 0) is 34.2 Å². The Balaban J connectivity index is 1.50. The van der Waals surface area contributed by atoms with E-state index in [2.05, 4.69) is 42.5 Å². The van der Waals surface area contributed by atoms with Crippen molar-refractivity contribution in [1.82, 2.24) is 9.80 Å². The fourth-order valence-corrected chi connectivity index (χ4v) is 5.18. The molecule has 0 radical (unpaired) electrons. The number of nitrogens with zero attached hydrogens (tertiary/aromatic N) is 3. The second kappa shape index (κ2) is 13.9. The molecule has 1 amide bonds. The first kappa shape index (κ1) is 29.0. The summed E-state index contributed by atoms with van der Waals surface area (Å²) < 4.78 is 23.2. The van der Waals surface area contributed by atoms with Gasteiger partial charge in [0.15, 0.2) is 0 Å². The molecule has 0 aliphatic heterocycles. The molecule has 0 saturated heterocycles. The minimum atomic E-state index is -3.76. The number of rotatable bonds is 13. The average Bonchev–Trinajstić information content (AvgIpc) is 2.96. The van der Waals surface area contributed by atoms with Crippen molar-refractivity contribution in [2.75, 3.05) is 26.2 Å². The molecule has 0 aliphatic rings. The number of amides is 1. The van der Waals surface area contributed by atoms with Gasteiger partial charge in [0.2, 0.25) is 15.9 Å². The SMILES string of the molecule is N#CCCN(CCc1ccccc1)CC(=O)N(CCc1ccc(S(N)(=O)=O)cc1)Cc1ccc2ccccc2c1. The number of benzene rings is 4. The largest absolute Gasteiger partial charge is 0.337 e. The number of nitrogens with two attached hydrogens (primary N) is 1. The van der Waals surface area contributed by atoms with Crippen molar-refractivity contribution in [1.29, 1.82) is 5.26 Å². The molecule has 7 nitrogen and oxygen atoms in total. The Kier molecular flexibility index (Phi) is 10.0. The number of carbonyl (C=O) groups is 1. The van der Waals surface area contributed by atoms with Crippen LogP contribution in [0.2, 0.25) is 0 Å². The summed E-state index contributed by atoms with van der Waals surface area (Å²) in [6, 6.07) is 33.1. The zero-order valence-electron chi connectivity index (χ0n) is 22.4. The van der Waals surface area contributed by atoms with Crippen LogP contribution in [0.15, 0.2) is 102 Å². The topological polar surface area (TPSA) is 108 Å². The fourth-order valence-electron chi connectivity index (χ4n) is 4.66. The van der Waals surface area contributed by atoms with Crippen molar-refractivity contribution in [3.05, 3.63) is 114 Å². The van der Waals surface area contributed by atoms with Gasteiger partial charge in [0.1, 0.15) is 0 Å². The van der Waals surface area contributed by atoms with Crippen molar-refractivity contribution in [3.63, 3.8) is 0 Å². The molecule has 0 bridgehead atoms. The molecule has 0 aromatic heterocycles. The van der Waals surface area contributed by atoms with Crippen molar-refractivity contribution >= 4 is 26.7 Å². The third-order valence-corrected chi connectivity index (χ3v) is 7.85. The highest BCUT2D eigenvalue weighted by molar-refractivity contribution is 7.89. The lowest BCUT2D eigenvalue weighted by Gasteiger charge is -2.28. The third-order valence-electron chi connectivity index (χ3n) is 6.92. The predicted octanol–water partition coefficient (Wildman–Crippen LogP) is 4.52. The molecule has 0 unspecified atom stereocenters. The van der Waals surface area contributed by atoms with E-state index in [0.717, 1.165) is 28.3 Å². The van der Waals surface area contributed by atoms with Gasteiger partial charge in [-0.05, 0) is 58.5 Å². The number of sulfonamides is 1. The lowest BCUT2D eigenvalue weighted by atomic mass is 10.1. The Morgan fingerprint density at radius 2 is 1.38 bits per heavy atom. The van der Waals surface area contributed by atoms with Crippen molar-refractivity contribution < 1.29 is 13.2 Å². The van der Waals surface area contributed by atoms with Crippen molar-refractivity contribution in [2.24, 2.45) is 5.14 Å². The van der Waals surface area contributed by atoms with Crippen LogP contribution in [0.4, 0.5) is 0 Å². The van der Waals surface area contributed by atoms with Gasteiger partial charge in [0, 0.05) is 32.6 Å². The van der Waals surface area contributed by atoms with Crippen molar-refractivity contribution in [3.8, 4) is 6.07 Å². The maximum Gasteiger partial charge on any atom is 0.238 e. The second-order valence-corrected chi connectivity index (χ2v) is 11.4. The van der Waals surface area contributed by atoms with Gasteiger partial charge >= 0.3 is 0 Å². The Bertz CT molecular complexity index is 1570. The molecule has 4 aromatic carbocycles. The summed E-state index contributed by atoms with van der Waals surface area (Å²) in [6.45, 7) is 2.32. The Hall–Kier alpha value is -4.03. The molecule has 0 fully saturated rings. The van der Waals surface area contributed by atoms with E-state index in [1.165, 1.54) is 17.7 Å². The standard InChI is InChI=1S/C32H34N4O3S/c33-19-6-20-35(21-17-26-7-2-1-3-8-26)25-32(37)36(22-18-27-12-15-31(16-13-27)40(34,38)39)24-28-11-14-29-9-4-5-10-30(29)23-28/h1-5,7-16,23H,6,17-18,20-22,24-25H2,(H2,34,38,39). The highest BCUT2D eigenvalue weighted by Gasteiger charge is 2.19. The van der Waals surface area contributed by atoms with Crippen molar-refractivity contribution in [2.45, 2.75) is 30.7 Å². The lowest BCUT2D eigenvalue weighted by molar-refractivity contribution is -0.133. The van der Waals surface area contributed by atoms with E-state index in [-0.39, 0.29) is 17.3 Å². The quantitative estimate of drug-likeness (QED) is 0.262. The number of nitriles is 1. The van der Waals surface area contributed by atoms with Crippen LogP contribution in [-0.4, -0.2) is 50.3 Å². The maximum atomic E-state index is 13.7. The molecule has 40 heavy (non-hydrogen) atoms. The van der Waals surface area contributed by atoms with Gasteiger partial charge in [0.25, 0.3) is 0 Å². The monoisotopic (exact) mass is 554 g/mol. The number of hydrogen-bond donors (Lipinski definition) is 1. The molecule has 0 saturated carbocycles. The van der Waals surface area contributed by atoms with Crippen LogP contribution in [0.5, 0.6) is 0 Å². The minimum Gasteiger partial charge on any atom is -0.337 e. The normalized spacial score (nSPS) is 11.4. The number of hydrogen-bond acceptors (Lipinski definition) is 5. The third kappa shape index (κ3) is 8.48. The van der Waals surface area contributed by atoms with Gasteiger partial charge in [-0.3, -0.25) is 9.69 Å². The van der Waals surface area contributed by atoms with E-state index >= 15 is 0 Å².